The molecular weight excluding hydrogens is 240 g/mol. The summed E-state index contributed by atoms with van der Waals surface area (Å²) < 4.78 is 5.06. The molecule has 1 amide bonds. The molecule has 1 unspecified atom stereocenters. The molecular formula is C10H16N4O2S. The number of nitrogens with one attached hydrogen (secondary N) is 2. The van der Waals surface area contributed by atoms with Crippen LogP contribution in [0.25, 0.3) is 0 Å². The van der Waals surface area contributed by atoms with Gasteiger partial charge in [0.05, 0.1) is 0 Å². The zero-order chi connectivity index (χ0) is 12.1. The van der Waals surface area contributed by atoms with Crippen LogP contribution in [-0.2, 0) is 6.42 Å². The van der Waals surface area contributed by atoms with Gasteiger partial charge in [-0.25, -0.2) is 0 Å². The molecule has 1 aliphatic rings. The zero-order valence-corrected chi connectivity index (χ0v) is 10.5. The van der Waals surface area contributed by atoms with E-state index in [0.29, 0.717) is 24.9 Å². The normalized spacial score (nSPS) is 20.2. The molecule has 94 valence electrons. The third-order valence-corrected chi connectivity index (χ3v) is 3.56. The van der Waals surface area contributed by atoms with Gasteiger partial charge in [-0.15, -0.1) is 0 Å². The van der Waals surface area contributed by atoms with Gasteiger partial charge in [0.1, 0.15) is 0 Å². The van der Waals surface area contributed by atoms with Crippen LogP contribution in [0.1, 0.15) is 23.4 Å². The van der Waals surface area contributed by atoms with Gasteiger partial charge in [-0.1, -0.05) is 5.16 Å². The van der Waals surface area contributed by atoms with Crippen molar-refractivity contribution in [1.82, 2.24) is 20.8 Å². The first-order valence-electron chi connectivity index (χ1n) is 5.71. The van der Waals surface area contributed by atoms with Gasteiger partial charge in [-0.2, -0.15) is 16.7 Å². The van der Waals surface area contributed by atoms with Crippen LogP contribution in [0.3, 0.4) is 0 Å². The highest BCUT2D eigenvalue weighted by molar-refractivity contribution is 7.99. The van der Waals surface area contributed by atoms with Crippen molar-refractivity contribution in [2.75, 3.05) is 24.6 Å². The molecule has 0 aromatic carbocycles. The fourth-order valence-electron chi connectivity index (χ4n) is 1.63. The van der Waals surface area contributed by atoms with E-state index in [4.69, 9.17) is 4.52 Å². The number of carbonyl (C=O) groups excluding carboxylic acids is 1. The Hall–Kier alpha value is -1.08. The minimum absolute atomic E-state index is 0.116. The third kappa shape index (κ3) is 3.44. The molecule has 1 aromatic heterocycles. The standard InChI is InChI=1S/C10H16N4O2S/c1-2-11-10(15)9-13-8(16-14-9)5-7-6-17-4-3-12-7/h7,12H,2-6H2,1H3,(H,11,15). The maximum atomic E-state index is 11.4. The average molecular weight is 256 g/mol. The molecule has 1 fully saturated rings. The van der Waals surface area contributed by atoms with Gasteiger partial charge in [0.2, 0.25) is 5.89 Å². The van der Waals surface area contributed by atoms with Crippen molar-refractivity contribution in [3.63, 3.8) is 0 Å². The monoisotopic (exact) mass is 256 g/mol. The number of aromatic nitrogens is 2. The van der Waals surface area contributed by atoms with E-state index >= 15 is 0 Å². The lowest BCUT2D eigenvalue weighted by Gasteiger charge is -2.21. The van der Waals surface area contributed by atoms with Gasteiger partial charge in [0.15, 0.2) is 0 Å². The van der Waals surface area contributed by atoms with Crippen LogP contribution >= 0.6 is 11.8 Å². The van der Waals surface area contributed by atoms with E-state index in [-0.39, 0.29) is 11.7 Å². The van der Waals surface area contributed by atoms with Gasteiger partial charge in [-0.05, 0) is 6.92 Å². The third-order valence-electron chi connectivity index (χ3n) is 2.43. The molecule has 1 aliphatic heterocycles. The highest BCUT2D eigenvalue weighted by Gasteiger charge is 2.19. The Labute approximate surface area is 104 Å². The van der Waals surface area contributed by atoms with E-state index in [1.807, 2.05) is 18.7 Å². The van der Waals surface area contributed by atoms with Crippen molar-refractivity contribution in [2.45, 2.75) is 19.4 Å². The van der Waals surface area contributed by atoms with Crippen LogP contribution in [0.15, 0.2) is 4.52 Å². The predicted molar refractivity (Wildman–Crippen MR) is 65.1 cm³/mol. The van der Waals surface area contributed by atoms with Crippen LogP contribution < -0.4 is 10.6 Å². The van der Waals surface area contributed by atoms with Crippen LogP contribution in [0, 0.1) is 0 Å². The maximum absolute atomic E-state index is 11.4. The van der Waals surface area contributed by atoms with Crippen LogP contribution in [0.5, 0.6) is 0 Å². The second-order valence-electron chi connectivity index (χ2n) is 3.80. The Morgan fingerprint density at radius 1 is 1.71 bits per heavy atom. The van der Waals surface area contributed by atoms with Crippen molar-refractivity contribution in [3.05, 3.63) is 11.7 Å². The second kappa shape index (κ2) is 6.02. The number of nitrogens with zero attached hydrogens (tertiary/aromatic N) is 2. The lowest BCUT2D eigenvalue weighted by Crippen LogP contribution is -2.39. The van der Waals surface area contributed by atoms with Gasteiger partial charge in [-0.3, -0.25) is 4.79 Å². The second-order valence-corrected chi connectivity index (χ2v) is 4.95. The van der Waals surface area contributed by atoms with E-state index in [1.165, 1.54) is 0 Å². The van der Waals surface area contributed by atoms with E-state index in [0.717, 1.165) is 18.1 Å². The van der Waals surface area contributed by atoms with Crippen molar-refractivity contribution in [2.24, 2.45) is 0 Å². The van der Waals surface area contributed by atoms with E-state index in [9.17, 15) is 4.79 Å². The molecule has 2 heterocycles. The lowest BCUT2D eigenvalue weighted by molar-refractivity contribution is 0.0942. The molecule has 7 heteroatoms. The molecule has 17 heavy (non-hydrogen) atoms. The largest absolute Gasteiger partial charge is 0.349 e. The van der Waals surface area contributed by atoms with Crippen molar-refractivity contribution >= 4 is 17.7 Å². The van der Waals surface area contributed by atoms with Gasteiger partial charge >= 0.3 is 0 Å². The fraction of sp³-hybridized carbons (Fsp3) is 0.700. The smallest absolute Gasteiger partial charge is 0.292 e. The molecule has 1 atom stereocenters. The first-order chi connectivity index (χ1) is 8.29. The first kappa shape index (κ1) is 12.4. The Morgan fingerprint density at radius 2 is 2.59 bits per heavy atom. The summed E-state index contributed by atoms with van der Waals surface area (Å²) in [6.45, 7) is 3.41. The number of amides is 1. The zero-order valence-electron chi connectivity index (χ0n) is 9.73. The molecule has 1 saturated heterocycles. The number of hydrogen-bond acceptors (Lipinski definition) is 6. The fourth-order valence-corrected chi connectivity index (χ4v) is 2.58. The van der Waals surface area contributed by atoms with Crippen LogP contribution in [-0.4, -0.2) is 46.7 Å². The molecule has 2 rings (SSSR count). The summed E-state index contributed by atoms with van der Waals surface area (Å²) in [5, 5.41) is 9.68. The lowest BCUT2D eigenvalue weighted by atomic mass is 10.2. The van der Waals surface area contributed by atoms with Crippen LogP contribution in [0.4, 0.5) is 0 Å². The molecule has 0 saturated carbocycles. The highest BCUT2D eigenvalue weighted by atomic mass is 32.2. The summed E-state index contributed by atoms with van der Waals surface area (Å²) in [5.74, 6) is 2.54. The minimum Gasteiger partial charge on any atom is -0.349 e. The van der Waals surface area contributed by atoms with Crippen molar-refractivity contribution in [3.8, 4) is 0 Å². The maximum Gasteiger partial charge on any atom is 0.292 e. The Kier molecular flexibility index (Phi) is 4.38. The number of thioether (sulfide) groups is 1. The summed E-state index contributed by atoms with van der Waals surface area (Å²) in [5.41, 5.74) is 0. The average Bonchev–Trinajstić information content (AvgIpc) is 2.79. The topological polar surface area (TPSA) is 80.0 Å². The summed E-state index contributed by atoms with van der Waals surface area (Å²) in [6, 6.07) is 0.358. The number of carbonyl (C=O) groups is 1. The van der Waals surface area contributed by atoms with E-state index in [2.05, 4.69) is 20.8 Å². The van der Waals surface area contributed by atoms with Gasteiger partial charge in [0, 0.05) is 37.1 Å². The summed E-state index contributed by atoms with van der Waals surface area (Å²) in [7, 11) is 0. The van der Waals surface area contributed by atoms with Gasteiger partial charge in [0.25, 0.3) is 11.7 Å². The highest BCUT2D eigenvalue weighted by Crippen LogP contribution is 2.11. The van der Waals surface area contributed by atoms with E-state index < -0.39 is 0 Å². The predicted octanol–water partition coefficient (Wildman–Crippen LogP) is 0.0668. The molecule has 1 aromatic rings. The quantitative estimate of drug-likeness (QED) is 0.793. The number of rotatable bonds is 4. The van der Waals surface area contributed by atoms with E-state index in [1.54, 1.807) is 0 Å². The van der Waals surface area contributed by atoms with Crippen molar-refractivity contribution < 1.29 is 9.32 Å². The summed E-state index contributed by atoms with van der Waals surface area (Å²) in [6.07, 6.45) is 0.680. The molecule has 6 nitrogen and oxygen atoms in total. The summed E-state index contributed by atoms with van der Waals surface area (Å²) >= 11 is 1.91. The molecule has 0 aliphatic carbocycles. The SMILES string of the molecule is CCNC(=O)c1noc(CC2CSCCN2)n1. The van der Waals surface area contributed by atoms with Crippen molar-refractivity contribution in [1.29, 1.82) is 0 Å². The Balaban J connectivity index is 1.91. The minimum atomic E-state index is -0.284. The molecule has 2 N–H and O–H groups in total. The number of hydrogen-bond donors (Lipinski definition) is 2. The molecule has 0 bridgehead atoms. The molecule has 0 spiro atoms. The Morgan fingerprint density at radius 3 is 3.29 bits per heavy atom. The van der Waals surface area contributed by atoms with Gasteiger partial charge < -0.3 is 15.2 Å². The Bertz CT molecular complexity index is 376. The van der Waals surface area contributed by atoms with Crippen LogP contribution in [0.2, 0.25) is 0 Å². The summed E-state index contributed by atoms with van der Waals surface area (Å²) in [4.78, 5) is 15.5. The molecule has 0 radical (unpaired) electrons. The first-order valence-corrected chi connectivity index (χ1v) is 6.87.